The van der Waals surface area contributed by atoms with Gasteiger partial charge in [-0.25, -0.2) is 14.2 Å². The lowest BCUT2D eigenvalue weighted by Crippen LogP contribution is -2.18. The van der Waals surface area contributed by atoms with Gasteiger partial charge in [0.25, 0.3) is 0 Å². The third-order valence-electron chi connectivity index (χ3n) is 3.48. The van der Waals surface area contributed by atoms with E-state index in [0.29, 0.717) is 0 Å². The van der Waals surface area contributed by atoms with Crippen LogP contribution in [0.25, 0.3) is 0 Å². The molecule has 2 aromatic rings. The highest BCUT2D eigenvalue weighted by molar-refractivity contribution is 7.10. The minimum absolute atomic E-state index is 0.00366. The monoisotopic (exact) mass is 292 g/mol. The fourth-order valence-electron chi connectivity index (χ4n) is 2.51. The van der Waals surface area contributed by atoms with Crippen molar-refractivity contribution in [2.24, 2.45) is 0 Å². The molecule has 6 heteroatoms. The highest BCUT2D eigenvalue weighted by Crippen LogP contribution is 2.35. The van der Waals surface area contributed by atoms with Gasteiger partial charge in [0.1, 0.15) is 5.56 Å². The van der Waals surface area contributed by atoms with E-state index in [1.165, 1.54) is 22.7 Å². The third-order valence-corrected chi connectivity index (χ3v) is 4.48. The predicted octanol–water partition coefficient (Wildman–Crippen LogP) is 3.47. The van der Waals surface area contributed by atoms with Crippen LogP contribution in [0.2, 0.25) is 0 Å². The summed E-state index contributed by atoms with van der Waals surface area (Å²) in [5, 5.41) is 14.0. The molecule has 1 aliphatic rings. The molecule has 20 heavy (non-hydrogen) atoms. The number of nitrogens with zero attached hydrogens (tertiary/aromatic N) is 1. The summed E-state index contributed by atoms with van der Waals surface area (Å²) >= 11 is 1.70. The number of pyridine rings is 1. The van der Waals surface area contributed by atoms with Gasteiger partial charge in [0.05, 0.1) is 6.04 Å². The van der Waals surface area contributed by atoms with Crippen LogP contribution in [0, 0.1) is 5.82 Å². The summed E-state index contributed by atoms with van der Waals surface area (Å²) in [5.41, 5.74) is 0.812. The number of rotatable bonds is 3. The Morgan fingerprint density at radius 3 is 3.15 bits per heavy atom. The molecule has 0 fully saturated rings. The lowest BCUT2D eigenvalue weighted by atomic mass is 9.94. The average Bonchev–Trinajstić information content (AvgIpc) is 2.90. The zero-order valence-electron chi connectivity index (χ0n) is 10.6. The number of thiophene rings is 1. The van der Waals surface area contributed by atoms with E-state index in [9.17, 15) is 9.18 Å². The quantitative estimate of drug-likeness (QED) is 0.909. The first-order valence-electron chi connectivity index (χ1n) is 6.37. The number of aromatic nitrogens is 1. The number of hydrogen-bond donors (Lipinski definition) is 2. The maximum Gasteiger partial charge on any atom is 0.338 e. The number of nitrogens with one attached hydrogen (secondary N) is 1. The van der Waals surface area contributed by atoms with Crippen molar-refractivity contribution < 1.29 is 14.3 Å². The van der Waals surface area contributed by atoms with Gasteiger partial charge in [-0.05, 0) is 42.3 Å². The lowest BCUT2D eigenvalue weighted by Gasteiger charge is -2.24. The van der Waals surface area contributed by atoms with Crippen molar-refractivity contribution in [1.29, 1.82) is 0 Å². The number of carboxylic acid groups (broad SMARTS) is 1. The van der Waals surface area contributed by atoms with Crippen LogP contribution in [0.3, 0.4) is 0 Å². The topological polar surface area (TPSA) is 62.2 Å². The molecule has 104 valence electrons. The zero-order chi connectivity index (χ0) is 14.1. The Morgan fingerprint density at radius 1 is 1.50 bits per heavy atom. The van der Waals surface area contributed by atoms with E-state index in [1.807, 2.05) is 11.4 Å². The van der Waals surface area contributed by atoms with E-state index >= 15 is 0 Å². The van der Waals surface area contributed by atoms with Crippen LogP contribution in [0.15, 0.2) is 23.7 Å². The molecule has 0 aromatic carbocycles. The molecule has 1 unspecified atom stereocenters. The van der Waals surface area contributed by atoms with E-state index in [2.05, 4.69) is 10.3 Å². The minimum atomic E-state index is -1.28. The summed E-state index contributed by atoms with van der Waals surface area (Å²) in [6.07, 6.45) is 4.29. The molecule has 0 aliphatic heterocycles. The van der Waals surface area contributed by atoms with Gasteiger partial charge in [0.15, 0.2) is 11.6 Å². The first kappa shape index (κ1) is 13.1. The molecule has 0 bridgehead atoms. The Bertz CT molecular complexity index is 656. The molecule has 0 spiro atoms. The smallest absolute Gasteiger partial charge is 0.338 e. The summed E-state index contributed by atoms with van der Waals surface area (Å²) in [6, 6.07) is 3.20. The first-order chi connectivity index (χ1) is 9.66. The number of hydrogen-bond acceptors (Lipinski definition) is 4. The minimum Gasteiger partial charge on any atom is -0.478 e. The van der Waals surface area contributed by atoms with Crippen molar-refractivity contribution in [1.82, 2.24) is 4.98 Å². The second-order valence-electron chi connectivity index (χ2n) is 4.71. The molecular formula is C14H13FN2O2S. The first-order valence-corrected chi connectivity index (χ1v) is 7.25. The van der Waals surface area contributed by atoms with Crippen LogP contribution in [0.1, 0.15) is 39.7 Å². The largest absolute Gasteiger partial charge is 0.478 e. The van der Waals surface area contributed by atoms with Crippen molar-refractivity contribution in [3.63, 3.8) is 0 Å². The number of carbonyl (C=O) groups is 1. The van der Waals surface area contributed by atoms with Crippen LogP contribution in [0.5, 0.6) is 0 Å². The summed E-state index contributed by atoms with van der Waals surface area (Å²) in [7, 11) is 0. The molecule has 0 radical (unpaired) electrons. The Labute approximate surface area is 119 Å². The van der Waals surface area contributed by atoms with Gasteiger partial charge < -0.3 is 10.4 Å². The molecule has 0 saturated carbocycles. The van der Waals surface area contributed by atoms with Gasteiger partial charge in [-0.1, -0.05) is 0 Å². The van der Waals surface area contributed by atoms with E-state index in [4.69, 9.17) is 5.11 Å². The van der Waals surface area contributed by atoms with Crippen LogP contribution in [0.4, 0.5) is 10.2 Å². The number of halogens is 1. The Kier molecular flexibility index (Phi) is 3.40. The third kappa shape index (κ3) is 2.27. The van der Waals surface area contributed by atoms with E-state index < -0.39 is 11.8 Å². The molecule has 0 saturated heterocycles. The molecule has 2 aromatic heterocycles. The summed E-state index contributed by atoms with van der Waals surface area (Å²) in [5.74, 6) is -2.08. The molecule has 1 aliphatic carbocycles. The van der Waals surface area contributed by atoms with Crippen LogP contribution >= 0.6 is 11.3 Å². The summed E-state index contributed by atoms with van der Waals surface area (Å²) in [6.45, 7) is 0. The maximum absolute atomic E-state index is 14.1. The van der Waals surface area contributed by atoms with Crippen molar-refractivity contribution in [3.8, 4) is 0 Å². The van der Waals surface area contributed by atoms with Crippen LogP contribution in [-0.2, 0) is 6.42 Å². The second kappa shape index (κ2) is 5.20. The van der Waals surface area contributed by atoms with E-state index in [-0.39, 0.29) is 17.4 Å². The molecule has 4 nitrogen and oxygen atoms in total. The summed E-state index contributed by atoms with van der Waals surface area (Å²) in [4.78, 5) is 16.2. The van der Waals surface area contributed by atoms with Crippen molar-refractivity contribution in [3.05, 3.63) is 45.5 Å². The maximum atomic E-state index is 14.1. The van der Waals surface area contributed by atoms with Crippen molar-refractivity contribution in [2.75, 3.05) is 5.32 Å². The van der Waals surface area contributed by atoms with Gasteiger partial charge in [0.2, 0.25) is 0 Å². The lowest BCUT2D eigenvalue weighted by molar-refractivity contribution is 0.0692. The highest BCUT2D eigenvalue weighted by atomic mass is 32.1. The number of aromatic carboxylic acids is 1. The molecule has 2 N–H and O–H groups in total. The van der Waals surface area contributed by atoms with Crippen LogP contribution < -0.4 is 5.32 Å². The predicted molar refractivity (Wildman–Crippen MR) is 74.8 cm³/mol. The van der Waals surface area contributed by atoms with E-state index in [1.54, 1.807) is 11.3 Å². The number of carboxylic acids is 1. The van der Waals surface area contributed by atoms with Gasteiger partial charge in [-0.2, -0.15) is 0 Å². The van der Waals surface area contributed by atoms with Crippen molar-refractivity contribution >= 4 is 23.1 Å². The molecular weight excluding hydrogens is 279 g/mol. The molecule has 0 amide bonds. The van der Waals surface area contributed by atoms with Crippen LogP contribution in [-0.4, -0.2) is 16.1 Å². The Hall–Kier alpha value is -1.95. The highest BCUT2D eigenvalue weighted by Gasteiger charge is 2.23. The van der Waals surface area contributed by atoms with Gasteiger partial charge in [0, 0.05) is 11.1 Å². The molecule has 1 atom stereocenters. The normalized spacial score (nSPS) is 17.6. The number of aryl methyl sites for hydroxylation is 1. The SMILES string of the molecule is O=C(O)c1ccnc(NC2CCCc3sccc32)c1F. The van der Waals surface area contributed by atoms with Gasteiger partial charge in [-0.3, -0.25) is 0 Å². The number of anilines is 1. The number of fused-ring (bicyclic) bond motifs is 1. The van der Waals surface area contributed by atoms with Gasteiger partial charge in [-0.15, -0.1) is 11.3 Å². The zero-order valence-corrected chi connectivity index (χ0v) is 11.4. The molecule has 2 heterocycles. The van der Waals surface area contributed by atoms with E-state index in [0.717, 1.165) is 19.3 Å². The standard InChI is InChI=1S/C14H13FN2O2S/c15-12-9(14(18)19)4-6-16-13(12)17-10-2-1-3-11-8(10)5-7-20-11/h4-7,10H,1-3H2,(H,16,17)(H,18,19). The van der Waals surface area contributed by atoms with Gasteiger partial charge >= 0.3 is 5.97 Å². The summed E-state index contributed by atoms with van der Waals surface area (Å²) < 4.78 is 14.1. The Balaban J connectivity index is 1.90. The second-order valence-corrected chi connectivity index (χ2v) is 5.72. The average molecular weight is 292 g/mol. The Morgan fingerprint density at radius 2 is 2.35 bits per heavy atom. The fraction of sp³-hybridized carbons (Fsp3) is 0.286. The van der Waals surface area contributed by atoms with Crippen molar-refractivity contribution in [2.45, 2.75) is 25.3 Å². The fourth-order valence-corrected chi connectivity index (χ4v) is 3.50. The molecule has 3 rings (SSSR count).